The average molecular weight is 255 g/mol. The van der Waals surface area contributed by atoms with Crippen molar-refractivity contribution in [1.82, 2.24) is 10.3 Å². The van der Waals surface area contributed by atoms with E-state index in [-0.39, 0.29) is 0 Å². The number of hydrogen-bond acceptors (Lipinski definition) is 3. The molecule has 100 valence electrons. The van der Waals surface area contributed by atoms with Gasteiger partial charge in [0.2, 0.25) is 0 Å². The van der Waals surface area contributed by atoms with Gasteiger partial charge >= 0.3 is 0 Å². The second kappa shape index (κ2) is 6.34. The number of hydrogen-bond donors (Lipinski definition) is 1. The Morgan fingerprint density at radius 1 is 1.16 bits per heavy atom. The monoisotopic (exact) mass is 255 g/mol. The van der Waals surface area contributed by atoms with Crippen LogP contribution in [0.3, 0.4) is 0 Å². The molecule has 0 aliphatic heterocycles. The maximum Gasteiger partial charge on any atom is 0.0443 e. The molecule has 0 atom stereocenters. The minimum Gasteiger partial charge on any atom is -0.370 e. The number of nitrogens with one attached hydrogen (secondary N) is 1. The zero-order valence-electron chi connectivity index (χ0n) is 11.9. The van der Waals surface area contributed by atoms with Crippen molar-refractivity contribution in [2.75, 3.05) is 19.0 Å². The highest BCUT2D eigenvalue weighted by Gasteiger charge is 2.07. The molecule has 1 aromatic carbocycles. The molecular formula is C16H21N3. The van der Waals surface area contributed by atoms with E-state index in [1.54, 1.807) is 0 Å². The van der Waals surface area contributed by atoms with Gasteiger partial charge in [0.05, 0.1) is 0 Å². The van der Waals surface area contributed by atoms with Crippen LogP contribution < -0.4 is 10.2 Å². The molecule has 1 aromatic heterocycles. The van der Waals surface area contributed by atoms with E-state index in [0.29, 0.717) is 0 Å². The number of rotatable bonds is 5. The molecule has 0 aliphatic carbocycles. The van der Waals surface area contributed by atoms with Crippen LogP contribution in [0.1, 0.15) is 16.7 Å². The van der Waals surface area contributed by atoms with Crippen LogP contribution >= 0.6 is 0 Å². The topological polar surface area (TPSA) is 28.2 Å². The van der Waals surface area contributed by atoms with Gasteiger partial charge in [0.15, 0.2) is 0 Å². The van der Waals surface area contributed by atoms with Gasteiger partial charge in [-0.3, -0.25) is 4.98 Å². The lowest BCUT2D eigenvalue weighted by Crippen LogP contribution is -2.19. The van der Waals surface area contributed by atoms with Crippen LogP contribution in [0, 0.1) is 6.92 Å². The van der Waals surface area contributed by atoms with Gasteiger partial charge in [-0.05, 0) is 25.6 Å². The summed E-state index contributed by atoms with van der Waals surface area (Å²) in [5.74, 6) is 0. The van der Waals surface area contributed by atoms with Gasteiger partial charge < -0.3 is 10.2 Å². The van der Waals surface area contributed by atoms with E-state index in [1.165, 1.54) is 22.4 Å². The minimum absolute atomic E-state index is 0.835. The predicted octanol–water partition coefficient (Wildman–Crippen LogP) is 2.75. The third-order valence-corrected chi connectivity index (χ3v) is 3.20. The Morgan fingerprint density at radius 3 is 2.58 bits per heavy atom. The molecule has 0 bridgehead atoms. The Labute approximate surface area is 115 Å². The normalized spacial score (nSPS) is 10.5. The molecule has 0 saturated heterocycles. The fourth-order valence-corrected chi connectivity index (χ4v) is 2.17. The molecule has 0 spiro atoms. The molecule has 2 rings (SSSR count). The number of pyridine rings is 1. The van der Waals surface area contributed by atoms with Gasteiger partial charge in [0, 0.05) is 43.8 Å². The second-order valence-corrected chi connectivity index (χ2v) is 4.88. The first-order valence-electron chi connectivity index (χ1n) is 6.55. The minimum atomic E-state index is 0.835. The first kappa shape index (κ1) is 13.6. The first-order valence-corrected chi connectivity index (χ1v) is 6.55. The number of benzene rings is 1. The van der Waals surface area contributed by atoms with Gasteiger partial charge in [0.25, 0.3) is 0 Å². The Balaban J connectivity index is 2.15. The van der Waals surface area contributed by atoms with E-state index in [9.17, 15) is 0 Å². The second-order valence-electron chi connectivity index (χ2n) is 4.88. The highest BCUT2D eigenvalue weighted by Crippen LogP contribution is 2.20. The van der Waals surface area contributed by atoms with Gasteiger partial charge in [-0.15, -0.1) is 0 Å². The van der Waals surface area contributed by atoms with Crippen molar-refractivity contribution in [1.29, 1.82) is 0 Å². The van der Waals surface area contributed by atoms with Gasteiger partial charge in [-0.1, -0.05) is 29.8 Å². The number of nitrogens with zero attached hydrogens (tertiary/aromatic N) is 2. The molecule has 2 aromatic rings. The molecule has 0 aliphatic rings. The van der Waals surface area contributed by atoms with E-state index < -0.39 is 0 Å². The van der Waals surface area contributed by atoms with Gasteiger partial charge in [-0.2, -0.15) is 0 Å². The van der Waals surface area contributed by atoms with Crippen LogP contribution in [-0.4, -0.2) is 19.1 Å². The Bertz CT molecular complexity index is 520. The van der Waals surface area contributed by atoms with E-state index in [2.05, 4.69) is 59.5 Å². The predicted molar refractivity (Wildman–Crippen MR) is 80.3 cm³/mol. The summed E-state index contributed by atoms with van der Waals surface area (Å²) in [6.07, 6.45) is 3.78. The third-order valence-electron chi connectivity index (χ3n) is 3.20. The van der Waals surface area contributed by atoms with Crippen LogP contribution in [0.5, 0.6) is 0 Å². The Hall–Kier alpha value is -1.87. The van der Waals surface area contributed by atoms with E-state index >= 15 is 0 Å². The van der Waals surface area contributed by atoms with Crippen molar-refractivity contribution in [3.63, 3.8) is 0 Å². The van der Waals surface area contributed by atoms with E-state index in [0.717, 1.165) is 13.1 Å². The van der Waals surface area contributed by atoms with Crippen molar-refractivity contribution in [2.24, 2.45) is 0 Å². The van der Waals surface area contributed by atoms with Crippen LogP contribution in [0.15, 0.2) is 42.7 Å². The molecule has 3 nitrogen and oxygen atoms in total. The lowest BCUT2D eigenvalue weighted by molar-refractivity contribution is 0.800. The Morgan fingerprint density at radius 2 is 1.89 bits per heavy atom. The lowest BCUT2D eigenvalue weighted by Gasteiger charge is -2.22. The molecule has 0 unspecified atom stereocenters. The summed E-state index contributed by atoms with van der Waals surface area (Å²) in [5, 5.41) is 3.18. The van der Waals surface area contributed by atoms with Crippen molar-refractivity contribution in [2.45, 2.75) is 20.0 Å². The van der Waals surface area contributed by atoms with Crippen molar-refractivity contribution in [3.8, 4) is 0 Å². The summed E-state index contributed by atoms with van der Waals surface area (Å²) < 4.78 is 0. The van der Waals surface area contributed by atoms with Crippen molar-refractivity contribution < 1.29 is 0 Å². The molecule has 0 radical (unpaired) electrons. The van der Waals surface area contributed by atoms with Crippen LogP contribution in [0.4, 0.5) is 5.69 Å². The third kappa shape index (κ3) is 3.55. The van der Waals surface area contributed by atoms with Crippen LogP contribution in [-0.2, 0) is 13.1 Å². The molecule has 3 heteroatoms. The fourth-order valence-electron chi connectivity index (χ4n) is 2.17. The smallest absolute Gasteiger partial charge is 0.0443 e. The SMILES string of the molecule is CNCc1cnccc1N(C)Cc1ccc(C)cc1. The quantitative estimate of drug-likeness (QED) is 0.890. The van der Waals surface area contributed by atoms with Crippen LogP contribution in [0.25, 0.3) is 0 Å². The maximum absolute atomic E-state index is 4.20. The van der Waals surface area contributed by atoms with Gasteiger partial charge in [0.1, 0.15) is 0 Å². The molecule has 0 saturated carbocycles. The molecule has 0 amide bonds. The lowest BCUT2D eigenvalue weighted by atomic mass is 10.1. The number of anilines is 1. The maximum atomic E-state index is 4.20. The molecule has 0 fully saturated rings. The Kier molecular flexibility index (Phi) is 4.53. The summed E-state index contributed by atoms with van der Waals surface area (Å²) in [5.41, 5.74) is 5.07. The summed E-state index contributed by atoms with van der Waals surface area (Å²) in [6, 6.07) is 10.8. The summed E-state index contributed by atoms with van der Waals surface area (Å²) in [6.45, 7) is 3.85. The average Bonchev–Trinajstić information content (AvgIpc) is 2.42. The molecular weight excluding hydrogens is 234 g/mol. The largest absolute Gasteiger partial charge is 0.370 e. The van der Waals surface area contributed by atoms with Crippen LogP contribution in [0.2, 0.25) is 0 Å². The zero-order valence-corrected chi connectivity index (χ0v) is 11.9. The molecule has 1 heterocycles. The zero-order chi connectivity index (χ0) is 13.7. The van der Waals surface area contributed by atoms with E-state index in [1.807, 2.05) is 19.4 Å². The summed E-state index contributed by atoms with van der Waals surface area (Å²) in [4.78, 5) is 6.46. The first-order chi connectivity index (χ1) is 9.20. The van der Waals surface area contributed by atoms with E-state index in [4.69, 9.17) is 0 Å². The van der Waals surface area contributed by atoms with Crippen molar-refractivity contribution in [3.05, 3.63) is 59.4 Å². The molecule has 1 N–H and O–H groups in total. The van der Waals surface area contributed by atoms with Crippen molar-refractivity contribution >= 4 is 5.69 Å². The molecule has 19 heavy (non-hydrogen) atoms. The highest BCUT2D eigenvalue weighted by molar-refractivity contribution is 5.52. The summed E-state index contributed by atoms with van der Waals surface area (Å²) >= 11 is 0. The summed E-state index contributed by atoms with van der Waals surface area (Å²) in [7, 11) is 4.07. The standard InChI is InChI=1S/C16H21N3/c1-13-4-6-14(7-5-13)12-19(3)16-8-9-18-11-15(16)10-17-2/h4-9,11,17H,10,12H2,1-3H3. The van der Waals surface area contributed by atoms with Gasteiger partial charge in [-0.25, -0.2) is 0 Å². The number of aromatic nitrogens is 1. The highest BCUT2D eigenvalue weighted by atomic mass is 15.1. The number of aryl methyl sites for hydroxylation is 1. The fraction of sp³-hybridized carbons (Fsp3) is 0.312.